The normalized spacial score (nSPS) is 28.4. The number of nitrogens with zero attached hydrogens (tertiary/aromatic N) is 3. The second-order valence-corrected chi connectivity index (χ2v) is 7.36. The summed E-state index contributed by atoms with van der Waals surface area (Å²) in [5.41, 5.74) is 1.19. The SMILES string of the molecule is CCNC(C)c1csc(N2CCC3C(CCCN3C)C2)n1. The van der Waals surface area contributed by atoms with Crippen LogP contribution in [-0.2, 0) is 0 Å². The minimum atomic E-state index is 0.360. The molecule has 4 nitrogen and oxygen atoms in total. The van der Waals surface area contributed by atoms with E-state index in [0.29, 0.717) is 6.04 Å². The molecule has 3 heterocycles. The smallest absolute Gasteiger partial charge is 0.185 e. The highest BCUT2D eigenvalue weighted by Gasteiger charge is 2.35. The largest absolute Gasteiger partial charge is 0.348 e. The first-order chi connectivity index (χ1) is 10.2. The molecule has 0 radical (unpaired) electrons. The molecule has 1 aromatic heterocycles. The van der Waals surface area contributed by atoms with Crippen LogP contribution in [0.1, 0.15) is 44.8 Å². The maximum absolute atomic E-state index is 4.88. The lowest BCUT2D eigenvalue weighted by atomic mass is 9.84. The Hall–Kier alpha value is -0.650. The van der Waals surface area contributed by atoms with Gasteiger partial charge in [0.15, 0.2) is 5.13 Å². The Morgan fingerprint density at radius 2 is 2.29 bits per heavy atom. The molecule has 21 heavy (non-hydrogen) atoms. The highest BCUT2D eigenvalue weighted by molar-refractivity contribution is 7.13. The molecule has 0 amide bonds. The van der Waals surface area contributed by atoms with Gasteiger partial charge in [-0.25, -0.2) is 4.98 Å². The average Bonchev–Trinajstić information content (AvgIpc) is 2.97. The Kier molecular flexibility index (Phi) is 4.82. The molecule has 5 heteroatoms. The molecular formula is C16H28N4S. The lowest BCUT2D eigenvalue weighted by Crippen LogP contribution is -2.52. The summed E-state index contributed by atoms with van der Waals surface area (Å²) in [6, 6.07) is 1.16. The first-order valence-corrected chi connectivity index (χ1v) is 9.21. The summed E-state index contributed by atoms with van der Waals surface area (Å²) in [7, 11) is 2.30. The minimum absolute atomic E-state index is 0.360. The van der Waals surface area contributed by atoms with Crippen molar-refractivity contribution < 1.29 is 0 Å². The van der Waals surface area contributed by atoms with Crippen molar-refractivity contribution in [3.8, 4) is 0 Å². The molecule has 3 rings (SSSR count). The first-order valence-electron chi connectivity index (χ1n) is 8.33. The van der Waals surface area contributed by atoms with Crippen LogP contribution in [0.15, 0.2) is 5.38 Å². The fourth-order valence-electron chi connectivity index (χ4n) is 3.86. The van der Waals surface area contributed by atoms with Gasteiger partial charge in [0.05, 0.1) is 5.69 Å². The number of hydrogen-bond donors (Lipinski definition) is 1. The van der Waals surface area contributed by atoms with Crippen LogP contribution in [0, 0.1) is 5.92 Å². The number of hydrogen-bond acceptors (Lipinski definition) is 5. The number of rotatable bonds is 4. The van der Waals surface area contributed by atoms with E-state index < -0.39 is 0 Å². The summed E-state index contributed by atoms with van der Waals surface area (Å²) in [6.07, 6.45) is 4.03. The molecule has 0 spiro atoms. The predicted octanol–water partition coefficient (Wildman–Crippen LogP) is 2.73. The maximum Gasteiger partial charge on any atom is 0.185 e. The van der Waals surface area contributed by atoms with Crippen molar-refractivity contribution in [2.45, 2.75) is 45.2 Å². The molecule has 0 aliphatic carbocycles. The van der Waals surface area contributed by atoms with E-state index in [1.807, 2.05) is 11.3 Å². The second kappa shape index (κ2) is 6.63. The summed E-state index contributed by atoms with van der Waals surface area (Å²) < 4.78 is 0. The van der Waals surface area contributed by atoms with Crippen LogP contribution in [0.5, 0.6) is 0 Å². The van der Waals surface area contributed by atoms with E-state index in [0.717, 1.165) is 25.0 Å². The van der Waals surface area contributed by atoms with Crippen LogP contribution < -0.4 is 10.2 Å². The van der Waals surface area contributed by atoms with E-state index in [-0.39, 0.29) is 0 Å². The van der Waals surface area contributed by atoms with E-state index in [9.17, 15) is 0 Å². The minimum Gasteiger partial charge on any atom is -0.348 e. The van der Waals surface area contributed by atoms with Gasteiger partial charge in [0, 0.05) is 30.6 Å². The lowest BCUT2D eigenvalue weighted by Gasteiger charge is -2.45. The third kappa shape index (κ3) is 3.25. The Labute approximate surface area is 132 Å². The van der Waals surface area contributed by atoms with Gasteiger partial charge in [0.1, 0.15) is 0 Å². The number of likely N-dealkylation sites (tertiary alicyclic amines) is 1. The highest BCUT2D eigenvalue weighted by atomic mass is 32.1. The van der Waals surface area contributed by atoms with Crippen LogP contribution in [0.25, 0.3) is 0 Å². The van der Waals surface area contributed by atoms with Gasteiger partial charge in [0.25, 0.3) is 0 Å². The van der Waals surface area contributed by atoms with Gasteiger partial charge in [-0.2, -0.15) is 0 Å². The van der Waals surface area contributed by atoms with E-state index in [2.05, 4.69) is 41.4 Å². The standard InChI is InChI=1S/C16H28N4S/c1-4-17-12(2)14-11-21-16(18-14)20-9-7-15-13(10-20)6-5-8-19(15)3/h11-13,15,17H,4-10H2,1-3H3. The summed E-state index contributed by atoms with van der Waals surface area (Å²) in [5, 5.41) is 6.90. The van der Waals surface area contributed by atoms with Crippen molar-refractivity contribution in [2.75, 3.05) is 38.1 Å². The monoisotopic (exact) mass is 308 g/mol. The third-order valence-electron chi connectivity index (χ3n) is 5.08. The molecule has 2 aliphatic rings. The summed E-state index contributed by atoms with van der Waals surface area (Å²) in [6.45, 7) is 8.97. The quantitative estimate of drug-likeness (QED) is 0.927. The van der Waals surface area contributed by atoms with Crippen LogP contribution >= 0.6 is 11.3 Å². The molecule has 2 saturated heterocycles. The van der Waals surface area contributed by atoms with Crippen molar-refractivity contribution in [1.29, 1.82) is 0 Å². The van der Waals surface area contributed by atoms with Gasteiger partial charge in [-0.1, -0.05) is 6.92 Å². The van der Waals surface area contributed by atoms with Crippen molar-refractivity contribution in [2.24, 2.45) is 5.92 Å². The fraction of sp³-hybridized carbons (Fsp3) is 0.812. The van der Waals surface area contributed by atoms with E-state index in [4.69, 9.17) is 4.98 Å². The number of thiazole rings is 1. The van der Waals surface area contributed by atoms with E-state index in [1.165, 1.54) is 43.2 Å². The van der Waals surface area contributed by atoms with E-state index >= 15 is 0 Å². The molecule has 0 saturated carbocycles. The summed E-state index contributed by atoms with van der Waals surface area (Å²) in [4.78, 5) is 9.97. The van der Waals surface area contributed by atoms with Crippen LogP contribution in [0.3, 0.4) is 0 Å². The highest BCUT2D eigenvalue weighted by Crippen LogP contribution is 2.33. The zero-order valence-electron chi connectivity index (χ0n) is 13.5. The topological polar surface area (TPSA) is 31.4 Å². The molecule has 118 valence electrons. The lowest BCUT2D eigenvalue weighted by molar-refractivity contribution is 0.102. The van der Waals surface area contributed by atoms with Gasteiger partial charge in [-0.15, -0.1) is 11.3 Å². The molecular weight excluding hydrogens is 280 g/mol. The Morgan fingerprint density at radius 3 is 3.10 bits per heavy atom. The second-order valence-electron chi connectivity index (χ2n) is 6.52. The number of fused-ring (bicyclic) bond motifs is 1. The Balaban J connectivity index is 1.65. The number of piperidine rings is 2. The zero-order chi connectivity index (χ0) is 14.8. The molecule has 0 bridgehead atoms. The molecule has 1 N–H and O–H groups in total. The summed E-state index contributed by atoms with van der Waals surface area (Å²) in [5.74, 6) is 0.830. The Morgan fingerprint density at radius 1 is 1.43 bits per heavy atom. The molecule has 2 aliphatic heterocycles. The summed E-state index contributed by atoms with van der Waals surface area (Å²) >= 11 is 1.81. The number of nitrogens with one attached hydrogen (secondary N) is 1. The van der Waals surface area contributed by atoms with Crippen molar-refractivity contribution in [1.82, 2.24) is 15.2 Å². The van der Waals surface area contributed by atoms with Crippen molar-refractivity contribution >= 4 is 16.5 Å². The van der Waals surface area contributed by atoms with Gasteiger partial charge >= 0.3 is 0 Å². The van der Waals surface area contributed by atoms with Crippen molar-refractivity contribution in [3.63, 3.8) is 0 Å². The van der Waals surface area contributed by atoms with Gasteiger partial charge in [-0.3, -0.25) is 0 Å². The average molecular weight is 308 g/mol. The van der Waals surface area contributed by atoms with Crippen LogP contribution in [-0.4, -0.2) is 49.2 Å². The zero-order valence-corrected chi connectivity index (χ0v) is 14.3. The first kappa shape index (κ1) is 15.3. The fourth-order valence-corrected chi connectivity index (χ4v) is 4.81. The Bertz CT molecular complexity index is 461. The van der Waals surface area contributed by atoms with Crippen LogP contribution in [0.4, 0.5) is 5.13 Å². The molecule has 3 unspecified atom stereocenters. The third-order valence-corrected chi connectivity index (χ3v) is 6.00. The van der Waals surface area contributed by atoms with Crippen molar-refractivity contribution in [3.05, 3.63) is 11.1 Å². The number of aromatic nitrogens is 1. The molecule has 2 fully saturated rings. The van der Waals surface area contributed by atoms with Crippen LogP contribution in [0.2, 0.25) is 0 Å². The maximum atomic E-state index is 4.88. The van der Waals surface area contributed by atoms with E-state index in [1.54, 1.807) is 0 Å². The number of anilines is 1. The molecule has 1 aromatic rings. The van der Waals surface area contributed by atoms with Gasteiger partial charge in [-0.05, 0) is 52.2 Å². The van der Waals surface area contributed by atoms with Gasteiger partial charge in [0.2, 0.25) is 0 Å². The van der Waals surface area contributed by atoms with Gasteiger partial charge < -0.3 is 15.1 Å². The predicted molar refractivity (Wildman–Crippen MR) is 90.2 cm³/mol. The molecule has 3 atom stereocenters. The molecule has 0 aromatic carbocycles.